The summed E-state index contributed by atoms with van der Waals surface area (Å²) in [5.41, 5.74) is 3.33. The van der Waals surface area contributed by atoms with E-state index in [0.29, 0.717) is 15.7 Å². The summed E-state index contributed by atoms with van der Waals surface area (Å²) in [5.74, 6) is 0. The van der Waals surface area contributed by atoms with E-state index >= 15 is 0 Å². The Morgan fingerprint density at radius 2 is 1.28 bits per heavy atom. The predicted octanol–water partition coefficient (Wildman–Crippen LogP) is 5.73. The van der Waals surface area contributed by atoms with Gasteiger partial charge in [0.05, 0.1) is 0 Å². The average molecular weight is 264 g/mol. The Morgan fingerprint density at radius 3 is 1.44 bits per heavy atom. The molecule has 0 heterocycles. The third kappa shape index (κ3) is 2.34. The first kappa shape index (κ1) is 14.3. The lowest BCUT2D eigenvalue weighted by atomic mass is 10.0. The van der Waals surface area contributed by atoms with Crippen molar-refractivity contribution in [1.29, 1.82) is 0 Å². The highest BCUT2D eigenvalue weighted by atomic mass is 31.1. The van der Waals surface area contributed by atoms with Crippen molar-refractivity contribution in [2.75, 3.05) is 6.16 Å². The van der Waals surface area contributed by atoms with Gasteiger partial charge in [-0.3, -0.25) is 0 Å². The van der Waals surface area contributed by atoms with Crippen molar-refractivity contribution in [2.45, 2.75) is 70.6 Å². The maximum atomic E-state index is 4.33. The largest absolute Gasteiger partial charge is 0.0992 e. The van der Waals surface area contributed by atoms with Crippen LogP contribution in [-0.2, 0) is 0 Å². The highest BCUT2D eigenvalue weighted by Crippen LogP contribution is 2.81. The molecule has 2 fully saturated rings. The maximum absolute atomic E-state index is 4.33. The first-order valence-corrected chi connectivity index (χ1v) is 8.77. The molecule has 0 aliphatic heterocycles. The van der Waals surface area contributed by atoms with Crippen LogP contribution in [0.4, 0.5) is 0 Å². The van der Waals surface area contributed by atoms with Gasteiger partial charge in [0.15, 0.2) is 0 Å². The van der Waals surface area contributed by atoms with Gasteiger partial charge in [-0.05, 0) is 51.1 Å². The van der Waals surface area contributed by atoms with E-state index in [4.69, 9.17) is 0 Å². The van der Waals surface area contributed by atoms with Crippen LogP contribution >= 0.6 is 7.92 Å². The first-order valence-electron chi connectivity index (χ1n) is 7.24. The minimum absolute atomic E-state index is 0.00900. The van der Waals surface area contributed by atoms with Crippen molar-refractivity contribution < 1.29 is 0 Å². The van der Waals surface area contributed by atoms with Gasteiger partial charge >= 0.3 is 0 Å². The van der Waals surface area contributed by atoms with E-state index in [-0.39, 0.29) is 7.92 Å². The molecule has 0 bridgehead atoms. The zero-order chi connectivity index (χ0) is 13.8. The average Bonchev–Trinajstić information content (AvgIpc) is 3.09. The van der Waals surface area contributed by atoms with E-state index in [1.165, 1.54) is 43.0 Å². The minimum atomic E-state index is 0.00900. The highest BCUT2D eigenvalue weighted by molar-refractivity contribution is 7.62. The fourth-order valence-electron chi connectivity index (χ4n) is 3.28. The molecule has 2 rings (SSSR count). The number of rotatable bonds is 5. The monoisotopic (exact) mass is 264 g/mol. The Hall–Kier alpha value is -0.0900. The number of hydrogen-bond donors (Lipinski definition) is 0. The summed E-state index contributed by atoms with van der Waals surface area (Å²) in [6, 6.07) is 0. The Morgan fingerprint density at radius 1 is 0.944 bits per heavy atom. The van der Waals surface area contributed by atoms with Crippen LogP contribution in [0.2, 0.25) is 0 Å². The van der Waals surface area contributed by atoms with Gasteiger partial charge in [0.25, 0.3) is 0 Å². The second kappa shape index (κ2) is 4.20. The van der Waals surface area contributed by atoms with Crippen LogP contribution in [0.5, 0.6) is 0 Å². The maximum Gasteiger partial charge on any atom is 0.0117 e. The Balaban J connectivity index is 2.31. The second-order valence-corrected chi connectivity index (χ2v) is 10.7. The van der Waals surface area contributed by atoms with Crippen molar-refractivity contribution in [1.82, 2.24) is 0 Å². The fraction of sp³-hybridized carbons (Fsp3) is 0.765. The summed E-state index contributed by atoms with van der Waals surface area (Å²) < 4.78 is 0. The van der Waals surface area contributed by atoms with Crippen LogP contribution in [-0.4, -0.2) is 16.5 Å². The third-order valence-electron chi connectivity index (χ3n) is 4.70. The lowest BCUT2D eigenvalue weighted by Crippen LogP contribution is -2.26. The molecule has 18 heavy (non-hydrogen) atoms. The van der Waals surface area contributed by atoms with Gasteiger partial charge in [-0.25, -0.2) is 0 Å². The molecule has 2 saturated carbocycles. The Labute approximate surface area is 115 Å². The molecule has 0 spiro atoms. The molecule has 0 atom stereocenters. The third-order valence-corrected chi connectivity index (χ3v) is 9.69. The predicted molar refractivity (Wildman–Crippen MR) is 84.8 cm³/mol. The quantitative estimate of drug-likeness (QED) is 0.439. The smallest absolute Gasteiger partial charge is 0.0117 e. The summed E-state index contributed by atoms with van der Waals surface area (Å²) in [6.07, 6.45) is 6.93. The second-order valence-electron chi connectivity index (χ2n) is 7.77. The van der Waals surface area contributed by atoms with Gasteiger partial charge in [-0.15, -0.1) is 0 Å². The molecular formula is C17H29P. The van der Waals surface area contributed by atoms with Crippen molar-refractivity contribution in [3.8, 4) is 0 Å². The van der Waals surface area contributed by atoms with Crippen LogP contribution in [0.1, 0.15) is 60.3 Å². The molecule has 2 aliphatic carbocycles. The van der Waals surface area contributed by atoms with Gasteiger partial charge in [0.1, 0.15) is 0 Å². The van der Waals surface area contributed by atoms with E-state index in [1.54, 1.807) is 0 Å². The summed E-state index contributed by atoms with van der Waals surface area (Å²) in [4.78, 5) is 0. The van der Waals surface area contributed by atoms with E-state index in [1.807, 2.05) is 0 Å². The van der Waals surface area contributed by atoms with Gasteiger partial charge < -0.3 is 0 Å². The van der Waals surface area contributed by atoms with Crippen molar-refractivity contribution in [3.63, 3.8) is 0 Å². The number of hydrogen-bond acceptors (Lipinski definition) is 0. The molecular weight excluding hydrogens is 235 g/mol. The molecule has 0 nitrogen and oxygen atoms in total. The van der Waals surface area contributed by atoms with Crippen molar-refractivity contribution in [3.05, 3.63) is 24.3 Å². The Bertz CT molecular complexity index is 345. The molecule has 102 valence electrons. The zero-order valence-electron chi connectivity index (χ0n) is 12.9. The topological polar surface area (TPSA) is 0 Å². The van der Waals surface area contributed by atoms with Gasteiger partial charge in [-0.1, -0.05) is 53.0 Å². The zero-order valence-corrected chi connectivity index (χ0v) is 13.8. The van der Waals surface area contributed by atoms with E-state index < -0.39 is 0 Å². The van der Waals surface area contributed by atoms with E-state index in [0.717, 1.165) is 0 Å². The van der Waals surface area contributed by atoms with E-state index in [9.17, 15) is 0 Å². The first-order chi connectivity index (χ1) is 8.14. The summed E-state index contributed by atoms with van der Waals surface area (Å²) in [5, 5.41) is 1.02. The molecule has 2 aliphatic rings. The molecule has 0 unspecified atom stereocenters. The highest BCUT2D eigenvalue weighted by Gasteiger charge is 2.62. The minimum Gasteiger partial charge on any atom is -0.0992 e. The SMILES string of the molecule is C=C(C)C1(P(CC(C)(C)C)C2(C(=C)C)CC2)CC1. The summed E-state index contributed by atoms with van der Waals surface area (Å²) >= 11 is 0. The number of allylic oxidation sites excluding steroid dienone is 2. The molecule has 0 amide bonds. The van der Waals surface area contributed by atoms with Crippen LogP contribution in [0.15, 0.2) is 24.3 Å². The molecule has 1 heteroatoms. The molecule has 0 aromatic rings. The van der Waals surface area contributed by atoms with Gasteiger partial charge in [0.2, 0.25) is 0 Å². The molecule has 0 N–H and O–H groups in total. The van der Waals surface area contributed by atoms with Crippen LogP contribution in [0.25, 0.3) is 0 Å². The summed E-state index contributed by atoms with van der Waals surface area (Å²) in [6.45, 7) is 20.4. The normalized spacial score (nSPS) is 23.9. The summed E-state index contributed by atoms with van der Waals surface area (Å²) in [7, 11) is 0.00900. The lowest BCUT2D eigenvalue weighted by molar-refractivity contribution is 0.474. The molecule has 0 aromatic heterocycles. The van der Waals surface area contributed by atoms with E-state index in [2.05, 4.69) is 47.8 Å². The van der Waals surface area contributed by atoms with Gasteiger partial charge in [0, 0.05) is 10.3 Å². The fourth-order valence-corrected chi connectivity index (χ4v) is 7.88. The lowest BCUT2D eigenvalue weighted by Gasteiger charge is -2.40. The van der Waals surface area contributed by atoms with Crippen molar-refractivity contribution in [2.24, 2.45) is 5.41 Å². The van der Waals surface area contributed by atoms with Crippen LogP contribution < -0.4 is 0 Å². The Kier molecular flexibility index (Phi) is 3.34. The van der Waals surface area contributed by atoms with Crippen LogP contribution in [0.3, 0.4) is 0 Å². The van der Waals surface area contributed by atoms with Gasteiger partial charge in [-0.2, -0.15) is 0 Å². The van der Waals surface area contributed by atoms with Crippen LogP contribution in [0, 0.1) is 5.41 Å². The molecule has 0 aromatic carbocycles. The molecule has 0 saturated heterocycles. The standard InChI is InChI=1S/C17H29P/c1-13(2)16(8-9-16)18(12-15(5,6)7)17(10-11-17)14(3)4/h1,3,8-12H2,2,4-7H3. The molecule has 0 radical (unpaired) electrons. The van der Waals surface area contributed by atoms with Crippen molar-refractivity contribution >= 4 is 7.92 Å².